The number of hydrogen-bond acceptors (Lipinski definition) is 4. The van der Waals surface area contributed by atoms with Gasteiger partial charge in [0.05, 0.1) is 12.7 Å². The number of phenols is 2. The Labute approximate surface area is 88.5 Å². The molecule has 1 saturated heterocycles. The third-order valence-electron chi connectivity index (χ3n) is 2.71. The predicted octanol–water partition coefficient (Wildman–Crippen LogP) is 1.07. The van der Waals surface area contributed by atoms with Crippen LogP contribution in [0.15, 0.2) is 12.1 Å². The van der Waals surface area contributed by atoms with Crippen molar-refractivity contribution in [3.05, 3.63) is 23.3 Å². The van der Waals surface area contributed by atoms with Gasteiger partial charge in [-0.2, -0.15) is 0 Å². The largest absolute Gasteiger partial charge is 0.508 e. The summed E-state index contributed by atoms with van der Waals surface area (Å²) in [7, 11) is 0. The van der Waals surface area contributed by atoms with Crippen molar-refractivity contribution in [3.63, 3.8) is 0 Å². The van der Waals surface area contributed by atoms with E-state index in [0.717, 1.165) is 12.1 Å². The standard InChI is InChI=1S/C11H15NO3/c1-7-9(13)3-2-8(11(7)14)10-6-12-4-5-15-10/h2-3,10,12-14H,4-6H2,1H3. The van der Waals surface area contributed by atoms with Crippen molar-refractivity contribution in [1.82, 2.24) is 5.32 Å². The first kappa shape index (κ1) is 10.3. The molecule has 0 amide bonds. The van der Waals surface area contributed by atoms with E-state index in [1.807, 2.05) is 0 Å². The number of phenolic OH excluding ortho intramolecular Hbond substituents is 2. The van der Waals surface area contributed by atoms with Crippen molar-refractivity contribution in [3.8, 4) is 11.5 Å². The molecule has 0 spiro atoms. The number of ether oxygens (including phenoxy) is 1. The summed E-state index contributed by atoms with van der Waals surface area (Å²) in [6.45, 7) is 3.86. The van der Waals surface area contributed by atoms with Crippen LogP contribution in [0.4, 0.5) is 0 Å². The highest BCUT2D eigenvalue weighted by molar-refractivity contribution is 5.48. The van der Waals surface area contributed by atoms with Crippen molar-refractivity contribution in [2.75, 3.05) is 19.7 Å². The summed E-state index contributed by atoms with van der Waals surface area (Å²) in [5.41, 5.74) is 1.24. The number of rotatable bonds is 1. The minimum absolute atomic E-state index is 0.111. The lowest BCUT2D eigenvalue weighted by atomic mass is 10.0. The van der Waals surface area contributed by atoms with Gasteiger partial charge in [0.15, 0.2) is 0 Å². The lowest BCUT2D eigenvalue weighted by Crippen LogP contribution is -2.33. The summed E-state index contributed by atoms with van der Waals surface area (Å²) in [6.07, 6.45) is -0.127. The van der Waals surface area contributed by atoms with Gasteiger partial charge in [-0.25, -0.2) is 0 Å². The summed E-state index contributed by atoms with van der Waals surface area (Å²) in [5, 5.41) is 22.5. The Balaban J connectivity index is 2.31. The van der Waals surface area contributed by atoms with Crippen LogP contribution in [0.5, 0.6) is 11.5 Å². The van der Waals surface area contributed by atoms with Crippen LogP contribution in [0.2, 0.25) is 0 Å². The smallest absolute Gasteiger partial charge is 0.128 e. The Bertz CT molecular complexity index is 359. The van der Waals surface area contributed by atoms with Gasteiger partial charge in [-0.3, -0.25) is 0 Å². The van der Waals surface area contributed by atoms with Gasteiger partial charge < -0.3 is 20.3 Å². The summed E-state index contributed by atoms with van der Waals surface area (Å²) < 4.78 is 5.54. The van der Waals surface area contributed by atoms with Crippen LogP contribution in [0.3, 0.4) is 0 Å². The van der Waals surface area contributed by atoms with Crippen molar-refractivity contribution in [2.24, 2.45) is 0 Å². The molecule has 1 aliphatic rings. The maximum Gasteiger partial charge on any atom is 0.128 e. The highest BCUT2D eigenvalue weighted by atomic mass is 16.5. The zero-order valence-electron chi connectivity index (χ0n) is 8.66. The molecule has 3 N–H and O–H groups in total. The van der Waals surface area contributed by atoms with Crippen molar-refractivity contribution >= 4 is 0 Å². The van der Waals surface area contributed by atoms with Gasteiger partial charge in [-0.1, -0.05) is 0 Å². The Hall–Kier alpha value is -1.26. The molecule has 15 heavy (non-hydrogen) atoms. The highest BCUT2D eigenvalue weighted by Crippen LogP contribution is 2.34. The molecule has 4 heteroatoms. The molecule has 0 aromatic heterocycles. The number of aromatic hydroxyl groups is 2. The Morgan fingerprint density at radius 1 is 1.40 bits per heavy atom. The quantitative estimate of drug-likeness (QED) is 0.647. The first-order valence-corrected chi connectivity index (χ1v) is 5.04. The molecule has 0 bridgehead atoms. The van der Waals surface area contributed by atoms with Gasteiger partial charge in [0.2, 0.25) is 0 Å². The normalized spacial score (nSPS) is 21.5. The second kappa shape index (κ2) is 4.08. The number of benzene rings is 1. The van der Waals surface area contributed by atoms with Crippen molar-refractivity contribution in [1.29, 1.82) is 0 Å². The molecule has 1 aromatic carbocycles. The van der Waals surface area contributed by atoms with Gasteiger partial charge in [0.1, 0.15) is 11.5 Å². The van der Waals surface area contributed by atoms with E-state index in [-0.39, 0.29) is 17.6 Å². The Kier molecular flexibility index (Phi) is 2.79. The molecule has 1 aliphatic heterocycles. The van der Waals surface area contributed by atoms with Crippen molar-refractivity contribution < 1.29 is 14.9 Å². The first-order valence-electron chi connectivity index (χ1n) is 5.04. The maximum atomic E-state index is 9.86. The molecule has 1 unspecified atom stereocenters. The van der Waals surface area contributed by atoms with Gasteiger partial charge in [-0.05, 0) is 19.1 Å². The van der Waals surface area contributed by atoms with Gasteiger partial charge >= 0.3 is 0 Å². The molecule has 0 saturated carbocycles. The van der Waals surface area contributed by atoms with Gasteiger partial charge in [0.25, 0.3) is 0 Å². The van der Waals surface area contributed by atoms with Crippen LogP contribution in [0, 0.1) is 6.92 Å². The zero-order valence-corrected chi connectivity index (χ0v) is 8.66. The molecule has 82 valence electrons. The molecule has 1 fully saturated rings. The minimum Gasteiger partial charge on any atom is -0.508 e. The molecule has 4 nitrogen and oxygen atoms in total. The predicted molar refractivity (Wildman–Crippen MR) is 56.1 cm³/mol. The number of morpholine rings is 1. The zero-order chi connectivity index (χ0) is 10.8. The van der Waals surface area contributed by atoms with E-state index in [2.05, 4.69) is 5.32 Å². The highest BCUT2D eigenvalue weighted by Gasteiger charge is 2.20. The summed E-state index contributed by atoms with van der Waals surface area (Å²) in [4.78, 5) is 0. The topological polar surface area (TPSA) is 61.7 Å². The summed E-state index contributed by atoms with van der Waals surface area (Å²) in [5.74, 6) is 0.240. The van der Waals surface area contributed by atoms with Crippen LogP contribution in [0.1, 0.15) is 17.2 Å². The third kappa shape index (κ3) is 1.91. The minimum atomic E-state index is -0.127. The van der Waals surface area contributed by atoms with Crippen LogP contribution >= 0.6 is 0 Å². The lowest BCUT2D eigenvalue weighted by Gasteiger charge is -2.25. The summed E-state index contributed by atoms with van der Waals surface area (Å²) >= 11 is 0. The molecule has 0 radical (unpaired) electrons. The van der Waals surface area contributed by atoms with Crippen LogP contribution in [-0.4, -0.2) is 29.9 Å². The van der Waals surface area contributed by atoms with Crippen LogP contribution in [0.25, 0.3) is 0 Å². The number of hydrogen-bond donors (Lipinski definition) is 3. The van der Waals surface area contributed by atoms with E-state index in [4.69, 9.17) is 4.74 Å². The first-order chi connectivity index (χ1) is 7.20. The molecule has 0 aliphatic carbocycles. The Morgan fingerprint density at radius 3 is 2.87 bits per heavy atom. The molecule has 1 heterocycles. The second-order valence-corrected chi connectivity index (χ2v) is 3.71. The van der Waals surface area contributed by atoms with Gasteiger partial charge in [0, 0.05) is 24.2 Å². The summed E-state index contributed by atoms with van der Waals surface area (Å²) in [6, 6.07) is 3.29. The maximum absolute atomic E-state index is 9.86. The van der Waals surface area contributed by atoms with E-state index < -0.39 is 0 Å². The monoisotopic (exact) mass is 209 g/mol. The average Bonchev–Trinajstić information content (AvgIpc) is 2.27. The van der Waals surface area contributed by atoms with Gasteiger partial charge in [-0.15, -0.1) is 0 Å². The molecular formula is C11H15NO3. The Morgan fingerprint density at radius 2 is 2.20 bits per heavy atom. The average molecular weight is 209 g/mol. The lowest BCUT2D eigenvalue weighted by molar-refractivity contribution is 0.0262. The van der Waals surface area contributed by atoms with Crippen molar-refractivity contribution in [2.45, 2.75) is 13.0 Å². The fourth-order valence-electron chi connectivity index (χ4n) is 1.74. The van der Waals surface area contributed by atoms with E-state index in [9.17, 15) is 10.2 Å². The SMILES string of the molecule is Cc1c(O)ccc(C2CNCCO2)c1O. The van der Waals surface area contributed by atoms with Crippen LogP contribution < -0.4 is 5.32 Å². The van der Waals surface area contributed by atoms with E-state index in [1.165, 1.54) is 0 Å². The van der Waals surface area contributed by atoms with E-state index >= 15 is 0 Å². The fraction of sp³-hybridized carbons (Fsp3) is 0.455. The van der Waals surface area contributed by atoms with E-state index in [0.29, 0.717) is 18.7 Å². The van der Waals surface area contributed by atoms with Crippen LogP contribution in [-0.2, 0) is 4.74 Å². The molecule has 2 rings (SSSR count). The number of nitrogens with one attached hydrogen (secondary N) is 1. The molecular weight excluding hydrogens is 194 g/mol. The molecule has 1 atom stereocenters. The fourth-order valence-corrected chi connectivity index (χ4v) is 1.74. The van der Waals surface area contributed by atoms with E-state index in [1.54, 1.807) is 19.1 Å². The third-order valence-corrected chi connectivity index (χ3v) is 2.71. The second-order valence-electron chi connectivity index (χ2n) is 3.71. The molecule has 1 aromatic rings.